The molecule has 0 saturated carbocycles. The lowest BCUT2D eigenvalue weighted by Crippen LogP contribution is -2.52. The van der Waals surface area contributed by atoms with Crippen LogP contribution in [0.2, 0.25) is 0 Å². The van der Waals surface area contributed by atoms with Gasteiger partial charge in [0.1, 0.15) is 0 Å². The predicted octanol–water partition coefficient (Wildman–Crippen LogP) is 2.71. The number of nitrogens with one attached hydrogen (secondary N) is 1. The Morgan fingerprint density at radius 1 is 1.20 bits per heavy atom. The van der Waals surface area contributed by atoms with Crippen molar-refractivity contribution in [3.05, 3.63) is 0 Å². The molecule has 0 aromatic heterocycles. The average Bonchev–Trinajstić information content (AvgIpc) is 2.08. The fraction of sp³-hybridized carbons (Fsp3) is 1.00. The maximum atomic E-state index is 11.9. The van der Waals surface area contributed by atoms with Crippen LogP contribution in [0.5, 0.6) is 0 Å². The molecule has 90 valence electrons. The van der Waals surface area contributed by atoms with Crippen LogP contribution in [-0.4, -0.2) is 29.8 Å². The van der Waals surface area contributed by atoms with Crippen molar-refractivity contribution in [2.75, 3.05) is 6.54 Å². The van der Waals surface area contributed by atoms with Crippen molar-refractivity contribution in [3.63, 3.8) is 0 Å². The van der Waals surface area contributed by atoms with Gasteiger partial charge < -0.3 is 0 Å². The number of hydrogen-bond donors (Lipinski definition) is 1. The number of hydrogen-bond acceptors (Lipinski definition) is 2. The Kier molecular flexibility index (Phi) is 4.40. The molecular formula is C10H19F3N2. The van der Waals surface area contributed by atoms with Gasteiger partial charge in [0.25, 0.3) is 0 Å². The number of rotatable bonds is 3. The zero-order valence-corrected chi connectivity index (χ0v) is 9.27. The molecule has 1 saturated heterocycles. The van der Waals surface area contributed by atoms with Gasteiger partial charge in [-0.15, -0.1) is 0 Å². The van der Waals surface area contributed by atoms with Crippen LogP contribution in [0.4, 0.5) is 13.2 Å². The summed E-state index contributed by atoms with van der Waals surface area (Å²) in [5.74, 6) is 0. The number of piperidine rings is 1. The first-order valence-electron chi connectivity index (χ1n) is 5.49. The Labute approximate surface area is 88.8 Å². The fourth-order valence-electron chi connectivity index (χ4n) is 2.06. The van der Waals surface area contributed by atoms with Gasteiger partial charge in [-0.25, -0.2) is 5.01 Å². The molecule has 1 N–H and O–H groups in total. The van der Waals surface area contributed by atoms with E-state index in [1.165, 1.54) is 6.42 Å². The smallest absolute Gasteiger partial charge is 0.254 e. The molecule has 15 heavy (non-hydrogen) atoms. The third-order valence-electron chi connectivity index (χ3n) is 2.90. The normalized spacial score (nSPS) is 29.4. The van der Waals surface area contributed by atoms with Crippen molar-refractivity contribution in [1.29, 1.82) is 0 Å². The van der Waals surface area contributed by atoms with Crippen LogP contribution in [0.25, 0.3) is 0 Å². The van der Waals surface area contributed by atoms with E-state index in [0.717, 1.165) is 12.8 Å². The molecule has 0 aromatic rings. The summed E-state index contributed by atoms with van der Waals surface area (Å²) in [4.78, 5) is 0. The summed E-state index contributed by atoms with van der Waals surface area (Å²) in [6, 6.07) is 0.670. The first-order chi connectivity index (χ1) is 6.90. The molecule has 2 atom stereocenters. The molecular weight excluding hydrogens is 205 g/mol. The van der Waals surface area contributed by atoms with Gasteiger partial charge in [0.2, 0.25) is 0 Å². The minimum atomic E-state index is -4.06. The standard InChI is InChI=1S/C10H19F3N2/c1-8-4-3-5-9(2)15(8)14-7-6-10(11,12)13/h8-9,14H,3-7H2,1-2H3. The van der Waals surface area contributed by atoms with Gasteiger partial charge in [-0.2, -0.15) is 13.2 Å². The molecule has 0 aliphatic carbocycles. The molecule has 1 aliphatic heterocycles. The minimum Gasteiger partial charge on any atom is -0.254 e. The summed E-state index contributed by atoms with van der Waals surface area (Å²) in [7, 11) is 0. The molecule has 0 spiro atoms. The van der Waals surface area contributed by atoms with E-state index in [1.807, 2.05) is 5.01 Å². The summed E-state index contributed by atoms with van der Waals surface area (Å²) in [5, 5.41) is 1.97. The van der Waals surface area contributed by atoms with E-state index in [0.29, 0.717) is 12.1 Å². The van der Waals surface area contributed by atoms with Crippen LogP contribution in [0.1, 0.15) is 39.5 Å². The molecule has 1 heterocycles. The summed E-state index contributed by atoms with van der Waals surface area (Å²) in [6.07, 6.45) is -1.54. The second kappa shape index (κ2) is 5.16. The van der Waals surface area contributed by atoms with E-state index in [1.54, 1.807) is 0 Å². The van der Waals surface area contributed by atoms with Crippen molar-refractivity contribution in [2.24, 2.45) is 0 Å². The maximum Gasteiger partial charge on any atom is 0.390 e. The van der Waals surface area contributed by atoms with Gasteiger partial charge in [0, 0.05) is 18.6 Å². The lowest BCUT2D eigenvalue weighted by molar-refractivity contribution is -0.136. The topological polar surface area (TPSA) is 15.3 Å². The van der Waals surface area contributed by atoms with Gasteiger partial charge in [-0.1, -0.05) is 6.42 Å². The SMILES string of the molecule is CC1CCCC(C)N1NCCC(F)(F)F. The molecule has 1 aliphatic rings. The highest BCUT2D eigenvalue weighted by molar-refractivity contribution is 4.76. The summed E-state index contributed by atoms with van der Waals surface area (Å²) < 4.78 is 35.8. The van der Waals surface area contributed by atoms with Gasteiger partial charge in [-0.3, -0.25) is 5.43 Å². The highest BCUT2D eigenvalue weighted by Crippen LogP contribution is 2.22. The van der Waals surface area contributed by atoms with Crippen molar-refractivity contribution >= 4 is 0 Å². The van der Waals surface area contributed by atoms with Crippen LogP contribution in [-0.2, 0) is 0 Å². The highest BCUT2D eigenvalue weighted by Gasteiger charge is 2.29. The Morgan fingerprint density at radius 3 is 2.20 bits per heavy atom. The second-order valence-electron chi connectivity index (χ2n) is 4.31. The predicted molar refractivity (Wildman–Crippen MR) is 53.3 cm³/mol. The monoisotopic (exact) mass is 224 g/mol. The van der Waals surface area contributed by atoms with E-state index in [-0.39, 0.29) is 6.54 Å². The van der Waals surface area contributed by atoms with Gasteiger partial charge in [-0.05, 0) is 26.7 Å². The Balaban J connectivity index is 2.29. The van der Waals surface area contributed by atoms with Crippen LogP contribution >= 0.6 is 0 Å². The lowest BCUT2D eigenvalue weighted by atomic mass is 10.00. The minimum absolute atomic E-state index is 0.0157. The average molecular weight is 224 g/mol. The largest absolute Gasteiger partial charge is 0.390 e. The third kappa shape index (κ3) is 4.38. The Morgan fingerprint density at radius 2 is 1.73 bits per heavy atom. The summed E-state index contributed by atoms with van der Waals surface area (Å²) in [5.41, 5.74) is 2.89. The summed E-state index contributed by atoms with van der Waals surface area (Å²) in [6.45, 7) is 4.09. The highest BCUT2D eigenvalue weighted by atomic mass is 19.4. The molecule has 0 bridgehead atoms. The van der Waals surface area contributed by atoms with Crippen LogP contribution in [0, 0.1) is 0 Å². The molecule has 0 aromatic carbocycles. The molecule has 1 fully saturated rings. The second-order valence-corrected chi connectivity index (χ2v) is 4.31. The van der Waals surface area contributed by atoms with Crippen molar-refractivity contribution in [3.8, 4) is 0 Å². The van der Waals surface area contributed by atoms with Crippen molar-refractivity contribution < 1.29 is 13.2 Å². The van der Waals surface area contributed by atoms with Gasteiger partial charge >= 0.3 is 6.18 Å². The zero-order chi connectivity index (χ0) is 11.5. The fourth-order valence-corrected chi connectivity index (χ4v) is 2.06. The van der Waals surface area contributed by atoms with Crippen LogP contribution < -0.4 is 5.43 Å². The van der Waals surface area contributed by atoms with Crippen molar-refractivity contribution in [2.45, 2.75) is 57.8 Å². The third-order valence-corrected chi connectivity index (χ3v) is 2.90. The van der Waals surface area contributed by atoms with Gasteiger partial charge in [0.05, 0.1) is 6.42 Å². The first kappa shape index (κ1) is 12.8. The van der Waals surface area contributed by atoms with E-state index in [4.69, 9.17) is 0 Å². The van der Waals surface area contributed by atoms with Crippen LogP contribution in [0.15, 0.2) is 0 Å². The number of alkyl halides is 3. The zero-order valence-electron chi connectivity index (χ0n) is 9.27. The molecule has 0 radical (unpaired) electrons. The molecule has 2 nitrogen and oxygen atoms in total. The molecule has 1 rings (SSSR count). The number of halogens is 3. The number of hydrazine groups is 1. The molecule has 5 heteroatoms. The molecule has 2 unspecified atom stereocenters. The molecule has 0 amide bonds. The van der Waals surface area contributed by atoms with E-state index in [9.17, 15) is 13.2 Å². The first-order valence-corrected chi connectivity index (χ1v) is 5.49. The van der Waals surface area contributed by atoms with Crippen molar-refractivity contribution in [1.82, 2.24) is 10.4 Å². The summed E-state index contributed by atoms with van der Waals surface area (Å²) >= 11 is 0. The Hall–Kier alpha value is -0.290. The number of nitrogens with zero attached hydrogens (tertiary/aromatic N) is 1. The van der Waals surface area contributed by atoms with Gasteiger partial charge in [0.15, 0.2) is 0 Å². The quantitative estimate of drug-likeness (QED) is 0.793. The van der Waals surface area contributed by atoms with E-state index < -0.39 is 12.6 Å². The Bertz CT molecular complexity index is 184. The maximum absolute atomic E-state index is 11.9. The van der Waals surface area contributed by atoms with E-state index >= 15 is 0 Å². The van der Waals surface area contributed by atoms with Crippen LogP contribution in [0.3, 0.4) is 0 Å². The lowest BCUT2D eigenvalue weighted by Gasteiger charge is -2.39. The van der Waals surface area contributed by atoms with E-state index in [2.05, 4.69) is 19.3 Å².